The summed E-state index contributed by atoms with van der Waals surface area (Å²) in [4.78, 5) is 17.5. The quantitative estimate of drug-likeness (QED) is 0.600. The number of amides is 1. The topological polar surface area (TPSA) is 68.5 Å². The number of benzene rings is 2. The van der Waals surface area contributed by atoms with Gasteiger partial charge in [-0.25, -0.2) is 4.52 Å². The monoisotopic (exact) mass is 350 g/mol. The zero-order valence-electron chi connectivity index (χ0n) is 13.3. The molecule has 124 valence electrons. The number of fused-ring (bicyclic) bond motifs is 1. The predicted octanol–water partition coefficient (Wildman–Crippen LogP) is 4.14. The molecule has 25 heavy (non-hydrogen) atoms. The molecule has 2 aromatic carbocycles. The fourth-order valence-corrected chi connectivity index (χ4v) is 3.14. The van der Waals surface area contributed by atoms with E-state index in [2.05, 4.69) is 15.4 Å². The van der Waals surface area contributed by atoms with E-state index in [4.69, 9.17) is 4.74 Å². The standard InChI is InChI=1S/C18H14N4O2S/c1-12-11-25-18-20-17(21-22(12)18)19-16(23)13-6-5-9-15(10-13)24-14-7-3-2-4-8-14/h2-11H,1H3,(H,19,21,23). The van der Waals surface area contributed by atoms with E-state index in [1.54, 1.807) is 28.8 Å². The molecule has 0 aliphatic heterocycles. The number of ether oxygens (including phenoxy) is 1. The van der Waals surface area contributed by atoms with Crippen LogP contribution in [0.2, 0.25) is 0 Å². The second-order valence-electron chi connectivity index (χ2n) is 5.40. The van der Waals surface area contributed by atoms with E-state index >= 15 is 0 Å². The van der Waals surface area contributed by atoms with E-state index in [0.29, 0.717) is 17.1 Å². The molecule has 0 fully saturated rings. The first-order chi connectivity index (χ1) is 12.2. The van der Waals surface area contributed by atoms with Crippen LogP contribution in [0.1, 0.15) is 16.1 Å². The van der Waals surface area contributed by atoms with Crippen LogP contribution in [0.5, 0.6) is 11.5 Å². The Morgan fingerprint density at radius 3 is 2.72 bits per heavy atom. The van der Waals surface area contributed by atoms with E-state index in [1.807, 2.05) is 42.6 Å². The van der Waals surface area contributed by atoms with E-state index in [9.17, 15) is 4.79 Å². The molecular weight excluding hydrogens is 336 g/mol. The highest BCUT2D eigenvalue weighted by Gasteiger charge is 2.12. The first kappa shape index (κ1) is 15.3. The molecule has 0 unspecified atom stereocenters. The largest absolute Gasteiger partial charge is 0.457 e. The number of para-hydroxylation sites is 1. The SMILES string of the molecule is Cc1csc2nc(NC(=O)c3cccc(Oc4ccccc4)c3)nn12. The van der Waals surface area contributed by atoms with Gasteiger partial charge in [-0.05, 0) is 37.3 Å². The molecule has 0 aliphatic carbocycles. The van der Waals surface area contributed by atoms with Crippen molar-refractivity contribution in [2.24, 2.45) is 0 Å². The van der Waals surface area contributed by atoms with Crippen molar-refractivity contribution < 1.29 is 9.53 Å². The molecule has 0 atom stereocenters. The van der Waals surface area contributed by atoms with Gasteiger partial charge in [0.05, 0.1) is 5.69 Å². The Bertz CT molecular complexity index is 1040. The number of anilines is 1. The van der Waals surface area contributed by atoms with Gasteiger partial charge in [0.25, 0.3) is 11.9 Å². The van der Waals surface area contributed by atoms with Gasteiger partial charge in [-0.2, -0.15) is 4.98 Å². The molecule has 0 bridgehead atoms. The van der Waals surface area contributed by atoms with Crippen molar-refractivity contribution in [3.8, 4) is 11.5 Å². The maximum Gasteiger partial charge on any atom is 0.258 e. The number of hydrogen-bond acceptors (Lipinski definition) is 5. The number of rotatable bonds is 4. The molecule has 1 amide bonds. The van der Waals surface area contributed by atoms with Gasteiger partial charge >= 0.3 is 0 Å². The van der Waals surface area contributed by atoms with Gasteiger partial charge in [0.15, 0.2) is 0 Å². The molecule has 6 nitrogen and oxygen atoms in total. The van der Waals surface area contributed by atoms with Crippen LogP contribution in [0.25, 0.3) is 4.96 Å². The van der Waals surface area contributed by atoms with Crippen LogP contribution in [0.15, 0.2) is 60.0 Å². The van der Waals surface area contributed by atoms with E-state index in [-0.39, 0.29) is 11.9 Å². The van der Waals surface area contributed by atoms with Gasteiger partial charge in [-0.3, -0.25) is 10.1 Å². The Kier molecular flexibility index (Phi) is 3.91. The zero-order valence-corrected chi connectivity index (χ0v) is 14.2. The molecule has 2 heterocycles. The van der Waals surface area contributed by atoms with Crippen molar-refractivity contribution in [1.82, 2.24) is 14.6 Å². The number of carbonyl (C=O) groups is 1. The van der Waals surface area contributed by atoms with Crippen molar-refractivity contribution in [2.45, 2.75) is 6.92 Å². The summed E-state index contributed by atoms with van der Waals surface area (Å²) in [6.45, 7) is 1.94. The second-order valence-corrected chi connectivity index (χ2v) is 6.24. The van der Waals surface area contributed by atoms with Crippen LogP contribution in [0.3, 0.4) is 0 Å². The molecule has 4 aromatic rings. The highest BCUT2D eigenvalue weighted by Crippen LogP contribution is 2.22. The van der Waals surface area contributed by atoms with E-state index < -0.39 is 0 Å². The van der Waals surface area contributed by atoms with Crippen LogP contribution in [0.4, 0.5) is 5.95 Å². The predicted molar refractivity (Wildman–Crippen MR) is 96.5 cm³/mol. The molecule has 0 spiro atoms. The van der Waals surface area contributed by atoms with Crippen LogP contribution in [0, 0.1) is 6.92 Å². The summed E-state index contributed by atoms with van der Waals surface area (Å²) < 4.78 is 7.46. The van der Waals surface area contributed by atoms with Gasteiger partial charge < -0.3 is 4.74 Å². The first-order valence-corrected chi connectivity index (χ1v) is 8.52. The van der Waals surface area contributed by atoms with Gasteiger partial charge in [-0.1, -0.05) is 24.3 Å². The third-order valence-corrected chi connectivity index (χ3v) is 4.48. The second kappa shape index (κ2) is 6.37. The first-order valence-electron chi connectivity index (χ1n) is 7.64. The lowest BCUT2D eigenvalue weighted by Crippen LogP contribution is -2.13. The normalized spacial score (nSPS) is 10.8. The molecule has 0 saturated heterocycles. The van der Waals surface area contributed by atoms with Gasteiger partial charge in [0, 0.05) is 10.9 Å². The number of carbonyl (C=O) groups excluding carboxylic acids is 1. The Morgan fingerprint density at radius 1 is 1.12 bits per heavy atom. The minimum atomic E-state index is -0.283. The number of nitrogens with one attached hydrogen (secondary N) is 1. The number of nitrogens with zero attached hydrogens (tertiary/aromatic N) is 3. The molecule has 4 rings (SSSR count). The highest BCUT2D eigenvalue weighted by molar-refractivity contribution is 7.15. The summed E-state index contributed by atoms with van der Waals surface area (Å²) in [6.07, 6.45) is 0. The lowest BCUT2D eigenvalue weighted by molar-refractivity contribution is 0.102. The van der Waals surface area contributed by atoms with Crippen LogP contribution in [-0.2, 0) is 0 Å². The Morgan fingerprint density at radius 2 is 1.92 bits per heavy atom. The minimum absolute atomic E-state index is 0.283. The third-order valence-electron chi connectivity index (χ3n) is 3.55. The Hall–Kier alpha value is -3.19. The summed E-state index contributed by atoms with van der Waals surface area (Å²) in [5.74, 6) is 1.31. The van der Waals surface area contributed by atoms with E-state index in [0.717, 1.165) is 10.7 Å². The fourth-order valence-electron chi connectivity index (χ4n) is 2.34. The summed E-state index contributed by atoms with van der Waals surface area (Å²) >= 11 is 1.48. The van der Waals surface area contributed by atoms with Gasteiger partial charge in [-0.15, -0.1) is 16.4 Å². The molecule has 0 radical (unpaired) electrons. The number of thiazole rings is 1. The lowest BCUT2D eigenvalue weighted by atomic mass is 10.2. The highest BCUT2D eigenvalue weighted by atomic mass is 32.1. The molecule has 7 heteroatoms. The molecule has 0 saturated carbocycles. The number of hydrogen-bond donors (Lipinski definition) is 1. The van der Waals surface area contributed by atoms with Gasteiger partial charge in [0.1, 0.15) is 11.5 Å². The lowest BCUT2D eigenvalue weighted by Gasteiger charge is -2.07. The molecule has 2 aromatic heterocycles. The van der Waals surface area contributed by atoms with Gasteiger partial charge in [0.2, 0.25) is 4.96 Å². The van der Waals surface area contributed by atoms with Crippen LogP contribution in [-0.4, -0.2) is 20.5 Å². The summed E-state index contributed by atoms with van der Waals surface area (Å²) in [5.41, 5.74) is 1.45. The summed E-state index contributed by atoms with van der Waals surface area (Å²) in [6, 6.07) is 16.4. The van der Waals surface area contributed by atoms with Crippen molar-refractivity contribution in [3.05, 3.63) is 71.2 Å². The fraction of sp³-hybridized carbons (Fsp3) is 0.0556. The molecular formula is C18H14N4O2S. The average molecular weight is 350 g/mol. The Labute approximate surface area is 147 Å². The van der Waals surface area contributed by atoms with Crippen LogP contribution >= 0.6 is 11.3 Å². The smallest absolute Gasteiger partial charge is 0.258 e. The van der Waals surface area contributed by atoms with Crippen molar-refractivity contribution >= 4 is 28.2 Å². The van der Waals surface area contributed by atoms with Crippen molar-refractivity contribution in [1.29, 1.82) is 0 Å². The van der Waals surface area contributed by atoms with Crippen LogP contribution < -0.4 is 10.1 Å². The zero-order chi connectivity index (χ0) is 17.2. The molecule has 1 N–H and O–H groups in total. The number of aromatic nitrogens is 3. The minimum Gasteiger partial charge on any atom is -0.457 e. The summed E-state index contributed by atoms with van der Waals surface area (Å²) in [7, 11) is 0. The number of aryl methyl sites for hydroxylation is 1. The molecule has 0 aliphatic rings. The third kappa shape index (κ3) is 3.22. The van der Waals surface area contributed by atoms with Crippen molar-refractivity contribution in [3.63, 3.8) is 0 Å². The Balaban J connectivity index is 1.52. The summed E-state index contributed by atoms with van der Waals surface area (Å²) in [5, 5.41) is 8.97. The maximum absolute atomic E-state index is 12.4. The average Bonchev–Trinajstić information content (AvgIpc) is 3.18. The van der Waals surface area contributed by atoms with Crippen molar-refractivity contribution in [2.75, 3.05) is 5.32 Å². The van der Waals surface area contributed by atoms with E-state index in [1.165, 1.54) is 11.3 Å². The maximum atomic E-state index is 12.4.